The van der Waals surface area contributed by atoms with Crippen LogP contribution in [0.4, 0.5) is 10.5 Å². The number of pyridine rings is 1. The van der Waals surface area contributed by atoms with E-state index in [2.05, 4.69) is 16.0 Å². The number of carbonyl (C=O) groups excluding carboxylic acids is 1. The van der Waals surface area contributed by atoms with Crippen LogP contribution in [-0.2, 0) is 4.74 Å². The third-order valence-corrected chi connectivity index (χ3v) is 6.17. The Labute approximate surface area is 200 Å². The summed E-state index contributed by atoms with van der Waals surface area (Å²) in [6, 6.07) is 11.5. The fourth-order valence-corrected chi connectivity index (χ4v) is 4.27. The van der Waals surface area contributed by atoms with Crippen molar-refractivity contribution in [1.29, 1.82) is 5.26 Å². The molecular formula is C25H30N6O3. The van der Waals surface area contributed by atoms with Crippen LogP contribution in [0.2, 0.25) is 0 Å². The van der Waals surface area contributed by atoms with Crippen molar-refractivity contribution >= 4 is 17.6 Å². The van der Waals surface area contributed by atoms with Crippen LogP contribution < -0.4 is 4.74 Å². The minimum Gasteiger partial charge on any atom is -0.496 e. The second kappa shape index (κ2) is 11.0. The highest BCUT2D eigenvalue weighted by molar-refractivity contribution is 5.85. The average molecular weight is 463 g/mol. The van der Waals surface area contributed by atoms with Crippen molar-refractivity contribution in [3.8, 4) is 23.1 Å². The van der Waals surface area contributed by atoms with Crippen molar-refractivity contribution in [1.82, 2.24) is 19.7 Å². The van der Waals surface area contributed by atoms with Crippen molar-refractivity contribution in [3.05, 3.63) is 42.1 Å². The molecule has 2 saturated heterocycles. The van der Waals surface area contributed by atoms with Crippen molar-refractivity contribution in [2.75, 3.05) is 59.6 Å². The summed E-state index contributed by atoms with van der Waals surface area (Å²) < 4.78 is 11.0. The molecule has 178 valence electrons. The first-order valence-corrected chi connectivity index (χ1v) is 11.6. The fourth-order valence-electron chi connectivity index (χ4n) is 4.27. The Morgan fingerprint density at radius 1 is 1.09 bits per heavy atom. The van der Waals surface area contributed by atoms with Gasteiger partial charge in [0.1, 0.15) is 17.7 Å². The van der Waals surface area contributed by atoms with E-state index in [0.717, 1.165) is 36.6 Å². The maximum Gasteiger partial charge on any atom is 0.320 e. The molecule has 1 aromatic heterocycles. The summed E-state index contributed by atoms with van der Waals surface area (Å²) >= 11 is 0. The van der Waals surface area contributed by atoms with Gasteiger partial charge in [-0.25, -0.2) is 9.79 Å². The van der Waals surface area contributed by atoms with Gasteiger partial charge in [0.2, 0.25) is 0 Å². The van der Waals surface area contributed by atoms with Gasteiger partial charge in [-0.3, -0.25) is 4.98 Å². The average Bonchev–Trinajstić information content (AvgIpc) is 3.15. The maximum atomic E-state index is 12.9. The van der Waals surface area contributed by atoms with Crippen molar-refractivity contribution in [3.63, 3.8) is 0 Å². The summed E-state index contributed by atoms with van der Waals surface area (Å²) in [5.74, 6) is 1.42. The number of hydrogen-bond acceptors (Lipinski definition) is 6. The maximum absolute atomic E-state index is 12.9. The number of benzene rings is 1. The Morgan fingerprint density at radius 2 is 1.82 bits per heavy atom. The van der Waals surface area contributed by atoms with Crippen LogP contribution in [0.1, 0.15) is 18.9 Å². The molecular weight excluding hydrogens is 432 g/mol. The number of carbonyl (C=O) groups is 1. The Kier molecular flexibility index (Phi) is 7.60. The topological polar surface area (TPSA) is 94.3 Å². The number of aliphatic imine (C=N–C) groups is 1. The van der Waals surface area contributed by atoms with Crippen LogP contribution in [-0.4, -0.2) is 91.1 Å². The molecule has 2 amide bonds. The normalized spacial score (nSPS) is 17.2. The highest BCUT2D eigenvalue weighted by Crippen LogP contribution is 2.35. The Balaban J connectivity index is 1.51. The highest BCUT2D eigenvalue weighted by Gasteiger charge is 2.25. The Bertz CT molecular complexity index is 1080. The predicted octanol–water partition coefficient (Wildman–Crippen LogP) is 3.14. The van der Waals surface area contributed by atoms with Gasteiger partial charge in [-0.05, 0) is 31.5 Å². The molecule has 0 saturated carbocycles. The zero-order chi connectivity index (χ0) is 23.9. The van der Waals surface area contributed by atoms with Crippen LogP contribution in [0, 0.1) is 11.3 Å². The smallest absolute Gasteiger partial charge is 0.320 e. The zero-order valence-corrected chi connectivity index (χ0v) is 19.7. The molecule has 2 aliphatic heterocycles. The number of methoxy groups -OCH3 is 1. The summed E-state index contributed by atoms with van der Waals surface area (Å²) in [6.45, 7) is 7.28. The molecule has 2 aliphatic rings. The molecule has 0 atom stereocenters. The van der Waals surface area contributed by atoms with Crippen molar-refractivity contribution in [2.24, 2.45) is 4.99 Å². The standard InChI is InChI=1S/C25H30N6O3/c1-19(29-8-5-9-30(11-10-29)25(32)31-12-14-34-15-13-31)28-23-17-24(33-2)21(16-20(23)18-26)22-6-3-4-7-27-22/h3-4,6-7,16-17H,5,8-15H2,1-2H3/b28-19+. The molecule has 2 fully saturated rings. The molecule has 3 heterocycles. The molecule has 4 rings (SSSR count). The highest BCUT2D eigenvalue weighted by atomic mass is 16.5. The number of nitrogens with zero attached hydrogens (tertiary/aromatic N) is 6. The predicted molar refractivity (Wildman–Crippen MR) is 129 cm³/mol. The largest absolute Gasteiger partial charge is 0.496 e. The molecule has 0 spiro atoms. The molecule has 0 N–H and O–H groups in total. The summed E-state index contributed by atoms with van der Waals surface area (Å²) in [5, 5.41) is 9.79. The molecule has 0 unspecified atom stereocenters. The van der Waals surface area contributed by atoms with Gasteiger partial charge in [-0.15, -0.1) is 0 Å². The molecule has 9 heteroatoms. The summed E-state index contributed by atoms with van der Waals surface area (Å²) in [5.41, 5.74) is 2.51. The van der Waals surface area contributed by atoms with Crippen LogP contribution in [0.5, 0.6) is 5.75 Å². The first-order chi connectivity index (χ1) is 16.6. The van der Waals surface area contributed by atoms with E-state index >= 15 is 0 Å². The van der Waals surface area contributed by atoms with E-state index < -0.39 is 0 Å². The Hall–Kier alpha value is -3.64. The zero-order valence-electron chi connectivity index (χ0n) is 19.7. The number of morpholine rings is 1. The molecule has 9 nitrogen and oxygen atoms in total. The number of urea groups is 1. The third-order valence-electron chi connectivity index (χ3n) is 6.17. The molecule has 2 aromatic rings. The quantitative estimate of drug-likeness (QED) is 0.514. The van der Waals surface area contributed by atoms with E-state index in [-0.39, 0.29) is 6.03 Å². The Morgan fingerprint density at radius 3 is 2.53 bits per heavy atom. The van der Waals surface area contributed by atoms with Gasteiger partial charge < -0.3 is 24.2 Å². The van der Waals surface area contributed by atoms with Gasteiger partial charge in [0.25, 0.3) is 0 Å². The molecule has 0 radical (unpaired) electrons. The summed E-state index contributed by atoms with van der Waals surface area (Å²) in [6.07, 6.45) is 2.57. The molecule has 34 heavy (non-hydrogen) atoms. The first-order valence-electron chi connectivity index (χ1n) is 11.6. The number of aromatic nitrogens is 1. The lowest BCUT2D eigenvalue weighted by Gasteiger charge is -2.32. The van der Waals surface area contributed by atoms with Gasteiger partial charge in [0.05, 0.1) is 37.3 Å². The van der Waals surface area contributed by atoms with Gasteiger partial charge in [0, 0.05) is 57.1 Å². The lowest BCUT2D eigenvalue weighted by atomic mass is 10.0. The van der Waals surface area contributed by atoms with Gasteiger partial charge in [-0.1, -0.05) is 6.07 Å². The third kappa shape index (κ3) is 5.29. The lowest BCUT2D eigenvalue weighted by molar-refractivity contribution is 0.0437. The number of amides is 2. The SMILES string of the molecule is COc1cc(/N=C(\C)N2CCCN(C(=O)N3CCOCC3)CC2)c(C#N)cc1-c1ccccn1. The first kappa shape index (κ1) is 23.5. The number of amidine groups is 1. The lowest BCUT2D eigenvalue weighted by Crippen LogP contribution is -2.49. The van der Waals surface area contributed by atoms with E-state index in [1.807, 2.05) is 34.9 Å². The van der Waals surface area contributed by atoms with E-state index in [1.54, 1.807) is 25.4 Å². The number of nitriles is 1. The molecule has 0 bridgehead atoms. The second-order valence-electron chi connectivity index (χ2n) is 8.27. The van der Waals surface area contributed by atoms with Gasteiger partial charge in [0.15, 0.2) is 0 Å². The van der Waals surface area contributed by atoms with E-state index in [9.17, 15) is 10.1 Å². The van der Waals surface area contributed by atoms with Gasteiger partial charge >= 0.3 is 6.03 Å². The van der Waals surface area contributed by atoms with E-state index in [4.69, 9.17) is 14.5 Å². The summed E-state index contributed by atoms with van der Waals surface area (Å²) in [4.78, 5) is 28.0. The van der Waals surface area contributed by atoms with Crippen LogP contribution in [0.3, 0.4) is 0 Å². The second-order valence-corrected chi connectivity index (χ2v) is 8.27. The van der Waals surface area contributed by atoms with E-state index in [0.29, 0.717) is 56.4 Å². The van der Waals surface area contributed by atoms with Crippen LogP contribution in [0.25, 0.3) is 11.3 Å². The van der Waals surface area contributed by atoms with Crippen LogP contribution >= 0.6 is 0 Å². The fraction of sp³-hybridized carbons (Fsp3) is 0.440. The van der Waals surface area contributed by atoms with Crippen molar-refractivity contribution in [2.45, 2.75) is 13.3 Å². The minimum absolute atomic E-state index is 0.0846. The molecule has 1 aromatic carbocycles. The van der Waals surface area contributed by atoms with Gasteiger partial charge in [-0.2, -0.15) is 5.26 Å². The number of rotatable bonds is 3. The van der Waals surface area contributed by atoms with Crippen molar-refractivity contribution < 1.29 is 14.3 Å². The summed E-state index contributed by atoms with van der Waals surface area (Å²) in [7, 11) is 1.60. The molecule has 0 aliphatic carbocycles. The van der Waals surface area contributed by atoms with E-state index in [1.165, 1.54) is 0 Å². The van der Waals surface area contributed by atoms with Crippen LogP contribution in [0.15, 0.2) is 41.5 Å². The minimum atomic E-state index is 0.0846. The number of ether oxygens (including phenoxy) is 2. The monoisotopic (exact) mass is 462 g/mol. The number of hydrogen-bond donors (Lipinski definition) is 0.